The van der Waals surface area contributed by atoms with E-state index < -0.39 is 0 Å². The minimum absolute atomic E-state index is 0.460. The number of aromatic nitrogens is 9. The van der Waals surface area contributed by atoms with Gasteiger partial charge in [-0.3, -0.25) is 0 Å². The molecule has 668 valence electrons. The van der Waals surface area contributed by atoms with Gasteiger partial charge >= 0.3 is 0 Å². The third-order valence-corrected chi connectivity index (χ3v) is 25.0. The van der Waals surface area contributed by atoms with E-state index in [1.54, 1.807) is 18.2 Å². The van der Waals surface area contributed by atoms with Crippen molar-refractivity contribution in [3.8, 4) is 198 Å². The predicted octanol–water partition coefficient (Wildman–Crippen LogP) is 34.0. The van der Waals surface area contributed by atoms with Crippen LogP contribution in [0.2, 0.25) is 0 Å². The number of benzene rings is 20. The Bertz CT molecular complexity index is 8800. The van der Waals surface area contributed by atoms with Gasteiger partial charge in [-0.1, -0.05) is 425 Å². The average molecular weight is 1840 g/mol. The summed E-state index contributed by atoms with van der Waals surface area (Å²) in [7, 11) is 0. The van der Waals surface area contributed by atoms with Crippen LogP contribution >= 0.6 is 0 Å². The summed E-state index contributed by atoms with van der Waals surface area (Å²) in [5.74, 6) is 5.68. The lowest BCUT2D eigenvalue weighted by Crippen LogP contribution is -2.00. The molecule has 0 bridgehead atoms. The summed E-state index contributed by atoms with van der Waals surface area (Å²) in [5, 5.41) is 16.2. The van der Waals surface area contributed by atoms with Crippen molar-refractivity contribution in [3.05, 3.63) is 530 Å². The molecule has 3 aromatic heterocycles. The van der Waals surface area contributed by atoms with E-state index in [0.717, 1.165) is 171 Å². The monoisotopic (exact) mass is 1840 g/mol. The highest BCUT2D eigenvalue weighted by atomic mass is 15.1. The van der Waals surface area contributed by atoms with E-state index in [1.165, 1.54) is 0 Å². The lowest BCUT2D eigenvalue weighted by Gasteiger charge is -2.12. The highest BCUT2D eigenvalue weighted by Gasteiger charge is 2.21. The quantitative estimate of drug-likeness (QED) is 0.0802. The van der Waals surface area contributed by atoms with Gasteiger partial charge in [0.25, 0.3) is 0 Å². The van der Waals surface area contributed by atoms with Crippen LogP contribution in [0.1, 0.15) is 5.56 Å². The normalized spacial score (nSPS) is 10.7. The first kappa shape index (κ1) is 89.7. The molecule has 0 unspecified atom stereocenters. The Balaban J connectivity index is 0.000000128. The summed E-state index contributed by atoms with van der Waals surface area (Å²) in [6.07, 6.45) is 0. The van der Waals surface area contributed by atoms with Crippen LogP contribution in [-0.4, -0.2) is 44.9 Å². The van der Waals surface area contributed by atoms with Gasteiger partial charge < -0.3 is 0 Å². The SMILES string of the molecule is [C-]#[N+]c1cc(C#N)cc(-c2ccc(-c3ccc4ccc(-c5ccc(-c6nc(-c7ccccc7)nc(-c7ccccc7)n6)cc5)cc4c3)cc2)c1.[C-]#[N+]c1cc([N+]#[C-])cc(-c2ccc(-c3cccc4ccc(-c5ccc(-c6nc(-c7ccccc7)nc(-c7ccccc7)n6)cc5)cc34)cc2)c1.[C-]#[N+]c1cc([N+]#[C-])cc(-c2cccc3ccc(-c4ccc(-c5nc(-c6ccccc6)nc(-c6ccccc6)n5)cc4)cc23)c1. The molecule has 20 aromatic carbocycles. The predicted molar refractivity (Wildman–Crippen MR) is 580 cm³/mol. The summed E-state index contributed by atoms with van der Waals surface area (Å²) in [5.41, 5.74) is 27.7. The van der Waals surface area contributed by atoms with E-state index in [4.69, 9.17) is 77.7 Å². The van der Waals surface area contributed by atoms with Gasteiger partial charge in [-0.2, -0.15) is 5.26 Å². The third kappa shape index (κ3) is 19.8. The minimum Gasteiger partial charge on any atom is -0.239 e. The Morgan fingerprint density at radius 2 is 0.368 bits per heavy atom. The average Bonchev–Trinajstić information content (AvgIpc) is 0.781. The van der Waals surface area contributed by atoms with Crippen LogP contribution in [0.5, 0.6) is 0 Å². The molecule has 144 heavy (non-hydrogen) atoms. The first-order chi connectivity index (χ1) is 71.0. The summed E-state index contributed by atoms with van der Waals surface area (Å²) < 4.78 is 0. The molecule has 0 saturated carbocycles. The van der Waals surface area contributed by atoms with Gasteiger partial charge in [0.2, 0.25) is 0 Å². The molecule has 23 aromatic rings. The number of nitriles is 1. The molecule has 0 N–H and O–H groups in total. The molecule has 0 saturated heterocycles. The van der Waals surface area contributed by atoms with Gasteiger partial charge in [0.05, 0.1) is 38.9 Å². The van der Waals surface area contributed by atoms with Crippen molar-refractivity contribution in [2.75, 3.05) is 0 Å². The Hall–Kier alpha value is -20.8. The Labute approximate surface area is 832 Å². The van der Waals surface area contributed by atoms with Crippen LogP contribution in [0.4, 0.5) is 28.4 Å². The number of rotatable bonds is 17. The fraction of sp³-hybridized carbons (Fsp3) is 0. The Kier molecular flexibility index (Phi) is 25.5. The van der Waals surface area contributed by atoms with E-state index in [9.17, 15) is 5.26 Å². The molecule has 0 aliphatic rings. The molecule has 0 atom stereocenters. The molecule has 15 nitrogen and oxygen atoms in total. The highest BCUT2D eigenvalue weighted by molar-refractivity contribution is 6.02. The van der Waals surface area contributed by atoms with Gasteiger partial charge in [-0.05, 0) is 164 Å². The lowest BCUT2D eigenvalue weighted by molar-refractivity contribution is 1.07. The lowest BCUT2D eigenvalue weighted by atomic mass is 9.93. The largest absolute Gasteiger partial charge is 0.239 e. The number of fused-ring (bicyclic) bond motifs is 3. The summed E-state index contributed by atoms with van der Waals surface area (Å²) in [6, 6.07) is 158. The van der Waals surface area contributed by atoms with Gasteiger partial charge in [-0.15, -0.1) is 0 Å². The van der Waals surface area contributed by atoms with Gasteiger partial charge in [0.1, 0.15) is 0 Å². The summed E-state index contributed by atoms with van der Waals surface area (Å²) in [6.45, 7) is 37.2. The van der Waals surface area contributed by atoms with Crippen LogP contribution < -0.4 is 0 Å². The molecule has 0 radical (unpaired) electrons. The number of hydrogen-bond acceptors (Lipinski definition) is 10. The van der Waals surface area contributed by atoms with Gasteiger partial charge in [-0.25, -0.2) is 69.1 Å². The zero-order chi connectivity index (χ0) is 97.6. The van der Waals surface area contributed by atoms with Crippen molar-refractivity contribution in [2.45, 2.75) is 0 Å². The molecule has 0 amide bonds. The maximum Gasteiger partial charge on any atom is 0.189 e. The van der Waals surface area contributed by atoms with E-state index in [-0.39, 0.29) is 0 Å². The van der Waals surface area contributed by atoms with Crippen molar-refractivity contribution in [3.63, 3.8) is 0 Å². The smallest absolute Gasteiger partial charge is 0.189 e. The molecule has 0 fully saturated rings. The Morgan fingerprint density at radius 1 is 0.153 bits per heavy atom. The maximum atomic E-state index is 9.39. The van der Waals surface area contributed by atoms with Crippen LogP contribution in [0, 0.1) is 44.2 Å². The van der Waals surface area contributed by atoms with E-state index in [2.05, 4.69) is 224 Å². The second kappa shape index (κ2) is 41.0. The van der Waals surface area contributed by atoms with E-state index >= 15 is 0 Å². The molecule has 0 aliphatic heterocycles. The zero-order valence-corrected chi connectivity index (χ0v) is 77.2. The van der Waals surface area contributed by atoms with E-state index in [1.807, 2.05) is 255 Å². The Morgan fingerprint density at radius 3 is 0.646 bits per heavy atom. The fourth-order valence-corrected chi connectivity index (χ4v) is 17.6. The topological polar surface area (TPSA) is 162 Å². The van der Waals surface area contributed by atoms with Crippen molar-refractivity contribution < 1.29 is 0 Å². The molecule has 23 rings (SSSR count). The molecular formula is C129H77N15. The van der Waals surface area contributed by atoms with Crippen LogP contribution in [-0.2, 0) is 0 Å². The number of hydrogen-bond donors (Lipinski definition) is 0. The van der Waals surface area contributed by atoms with Crippen molar-refractivity contribution in [1.82, 2.24) is 44.9 Å². The third-order valence-electron chi connectivity index (χ3n) is 25.0. The second-order valence-electron chi connectivity index (χ2n) is 34.2. The van der Waals surface area contributed by atoms with E-state index in [0.29, 0.717) is 86.4 Å². The zero-order valence-electron chi connectivity index (χ0n) is 77.2. The molecular weight excluding hydrogens is 1760 g/mol. The summed E-state index contributed by atoms with van der Waals surface area (Å²) >= 11 is 0. The fourth-order valence-electron chi connectivity index (χ4n) is 17.6. The maximum absolute atomic E-state index is 9.39. The summed E-state index contributed by atoms with van der Waals surface area (Å²) in [4.78, 5) is 61.4. The first-order valence-corrected chi connectivity index (χ1v) is 46.4. The van der Waals surface area contributed by atoms with Gasteiger partial charge in [0.15, 0.2) is 80.9 Å². The highest BCUT2D eigenvalue weighted by Crippen LogP contribution is 2.42. The van der Waals surface area contributed by atoms with Crippen molar-refractivity contribution >= 4 is 60.8 Å². The standard InChI is InChI=1S/2C45H27N5.C39H23N5/c1-46-39-26-38(27-40(29-39)47-2)31-16-20-33(21-17-31)41-15-9-14-32-22-25-37(28-42(32)41)30-18-23-36(24-19-30)45-49-43(34-10-5-3-6-11-34)48-44(50-45)35-12-7-4-8-13-35;1-47-42-25-30(29-46)24-40(28-42)33-14-12-31(13-15-33)38-22-18-34-19-23-39(27-41(34)26-38)32-16-20-37(21-17-32)45-49-43(35-8-4-2-5-9-35)48-44(50-45)36-10-6-3-7-11-36;1-40-33-22-32(23-34(25-33)41-2)35-15-9-14-27-18-21-31(24-36(27)35)26-16-19-30(20-17-26)39-43-37(28-10-5-3-6-11-28)42-38(44-39)29-12-7-4-8-13-29/h3-29H;2-28H;3-25H. The van der Waals surface area contributed by atoms with Crippen LogP contribution in [0.25, 0.3) is 248 Å². The van der Waals surface area contributed by atoms with Crippen LogP contribution in [0.3, 0.4) is 0 Å². The second-order valence-corrected chi connectivity index (χ2v) is 34.2. The molecule has 0 spiro atoms. The van der Waals surface area contributed by atoms with Gasteiger partial charge in [0, 0.05) is 55.6 Å². The first-order valence-electron chi connectivity index (χ1n) is 46.4. The van der Waals surface area contributed by atoms with Crippen molar-refractivity contribution in [1.29, 1.82) is 5.26 Å². The number of nitrogens with zero attached hydrogens (tertiary/aromatic N) is 15. The van der Waals surface area contributed by atoms with Crippen LogP contribution in [0.15, 0.2) is 467 Å². The molecule has 3 heterocycles. The molecule has 15 heteroatoms. The minimum atomic E-state index is 0.460. The molecule has 0 aliphatic carbocycles. The van der Waals surface area contributed by atoms with Crippen molar-refractivity contribution in [2.24, 2.45) is 0 Å².